The molecule has 1 aromatic carbocycles. The van der Waals surface area contributed by atoms with Gasteiger partial charge in [0.05, 0.1) is 0 Å². The van der Waals surface area contributed by atoms with Crippen molar-refractivity contribution in [2.24, 2.45) is 7.05 Å². The van der Waals surface area contributed by atoms with Crippen molar-refractivity contribution in [3.05, 3.63) is 41.7 Å². The van der Waals surface area contributed by atoms with Crippen LogP contribution in [0.5, 0.6) is 5.75 Å². The number of nitrogens with one attached hydrogen (secondary N) is 1. The van der Waals surface area contributed by atoms with Gasteiger partial charge in [-0.05, 0) is 39.0 Å². The number of rotatable bonds is 5. The number of benzene rings is 1. The van der Waals surface area contributed by atoms with E-state index in [2.05, 4.69) is 36.3 Å². The number of halogens is 1. The van der Waals surface area contributed by atoms with E-state index < -0.39 is 0 Å². The number of hydrogen-bond acceptors (Lipinski definition) is 4. The summed E-state index contributed by atoms with van der Waals surface area (Å²) in [5.74, 6) is 1.09. The molecular formula is C15H21FN4O. The fourth-order valence-electron chi connectivity index (χ4n) is 1.77. The molecule has 1 aromatic heterocycles. The van der Waals surface area contributed by atoms with Crippen LogP contribution in [0.1, 0.15) is 32.2 Å². The zero-order chi connectivity index (χ0) is 15.5. The van der Waals surface area contributed by atoms with E-state index in [1.165, 1.54) is 12.1 Å². The Morgan fingerprint density at radius 1 is 1.33 bits per heavy atom. The molecule has 0 unspecified atom stereocenters. The summed E-state index contributed by atoms with van der Waals surface area (Å²) < 4.78 is 21.0. The second-order valence-electron chi connectivity index (χ2n) is 6.00. The van der Waals surface area contributed by atoms with Gasteiger partial charge in [0, 0.05) is 24.7 Å². The lowest BCUT2D eigenvalue weighted by molar-refractivity contribution is 0.285. The highest BCUT2D eigenvalue weighted by Crippen LogP contribution is 2.21. The molecule has 0 atom stereocenters. The minimum Gasteiger partial charge on any atom is -0.485 e. The van der Waals surface area contributed by atoms with Crippen molar-refractivity contribution >= 4 is 0 Å². The monoisotopic (exact) mass is 292 g/mol. The molecule has 21 heavy (non-hydrogen) atoms. The van der Waals surface area contributed by atoms with Crippen LogP contribution in [0.4, 0.5) is 4.39 Å². The van der Waals surface area contributed by atoms with Crippen LogP contribution in [0, 0.1) is 5.82 Å². The van der Waals surface area contributed by atoms with Crippen molar-refractivity contribution in [3.8, 4) is 5.75 Å². The summed E-state index contributed by atoms with van der Waals surface area (Å²) in [6.45, 7) is 7.02. The van der Waals surface area contributed by atoms with Gasteiger partial charge in [-0.2, -0.15) is 0 Å². The second kappa shape index (κ2) is 6.22. The normalized spacial score (nSPS) is 11.7. The Kier molecular flexibility index (Phi) is 4.57. The molecule has 2 rings (SSSR count). The van der Waals surface area contributed by atoms with E-state index >= 15 is 0 Å². The Balaban J connectivity index is 2.09. The zero-order valence-electron chi connectivity index (χ0n) is 12.9. The third-order valence-corrected chi connectivity index (χ3v) is 2.99. The van der Waals surface area contributed by atoms with Crippen molar-refractivity contribution in [3.63, 3.8) is 0 Å². The summed E-state index contributed by atoms with van der Waals surface area (Å²) in [5.41, 5.74) is 0.736. The summed E-state index contributed by atoms with van der Waals surface area (Å²) >= 11 is 0. The lowest BCUT2D eigenvalue weighted by Crippen LogP contribution is -2.35. The molecule has 0 spiro atoms. The van der Waals surface area contributed by atoms with Crippen molar-refractivity contribution in [2.45, 2.75) is 39.5 Å². The van der Waals surface area contributed by atoms with E-state index in [-0.39, 0.29) is 11.4 Å². The SMILES string of the molecule is Cn1cnnc1COc1ccc(F)cc1CNC(C)(C)C. The maximum absolute atomic E-state index is 13.4. The fourth-order valence-corrected chi connectivity index (χ4v) is 1.77. The van der Waals surface area contributed by atoms with Crippen molar-refractivity contribution < 1.29 is 9.13 Å². The van der Waals surface area contributed by atoms with Gasteiger partial charge in [0.1, 0.15) is 24.5 Å². The minimum absolute atomic E-state index is 0.0484. The standard InChI is InChI=1S/C15H21FN4O/c1-15(2,3)17-8-11-7-12(16)5-6-13(11)21-9-14-19-18-10-20(14)4/h5-7,10,17H,8-9H2,1-4H3. The zero-order valence-corrected chi connectivity index (χ0v) is 12.9. The van der Waals surface area contributed by atoms with Crippen molar-refractivity contribution in [2.75, 3.05) is 0 Å². The molecule has 0 aliphatic carbocycles. The topological polar surface area (TPSA) is 52.0 Å². The fraction of sp³-hybridized carbons (Fsp3) is 0.467. The van der Waals surface area contributed by atoms with Crippen LogP contribution in [-0.2, 0) is 20.2 Å². The minimum atomic E-state index is -0.272. The maximum Gasteiger partial charge on any atom is 0.170 e. The Morgan fingerprint density at radius 2 is 2.10 bits per heavy atom. The van der Waals surface area contributed by atoms with E-state index in [1.54, 1.807) is 17.0 Å². The molecule has 0 saturated carbocycles. The number of aryl methyl sites for hydroxylation is 1. The van der Waals surface area contributed by atoms with E-state index in [0.717, 1.165) is 5.56 Å². The summed E-state index contributed by atoms with van der Waals surface area (Å²) in [5, 5.41) is 11.1. The van der Waals surface area contributed by atoms with Crippen LogP contribution in [0.15, 0.2) is 24.5 Å². The van der Waals surface area contributed by atoms with E-state index in [1.807, 2.05) is 7.05 Å². The first-order valence-electron chi connectivity index (χ1n) is 6.84. The van der Waals surface area contributed by atoms with Crippen LogP contribution in [0.3, 0.4) is 0 Å². The molecule has 0 bridgehead atoms. The summed E-state index contributed by atoms with van der Waals surface area (Å²) in [7, 11) is 1.85. The molecule has 5 nitrogen and oxygen atoms in total. The lowest BCUT2D eigenvalue weighted by Gasteiger charge is -2.21. The maximum atomic E-state index is 13.4. The van der Waals surface area contributed by atoms with Gasteiger partial charge in [-0.25, -0.2) is 4.39 Å². The van der Waals surface area contributed by atoms with E-state index in [4.69, 9.17) is 4.74 Å². The lowest BCUT2D eigenvalue weighted by atomic mass is 10.1. The molecule has 114 valence electrons. The van der Waals surface area contributed by atoms with Gasteiger partial charge in [0.15, 0.2) is 5.82 Å². The quantitative estimate of drug-likeness (QED) is 0.919. The Morgan fingerprint density at radius 3 is 2.71 bits per heavy atom. The Hall–Kier alpha value is -1.95. The molecule has 0 aliphatic heterocycles. The van der Waals surface area contributed by atoms with Crippen LogP contribution in [-0.4, -0.2) is 20.3 Å². The summed E-state index contributed by atoms with van der Waals surface area (Å²) in [4.78, 5) is 0. The molecule has 2 aromatic rings. The molecule has 0 aliphatic rings. The molecule has 6 heteroatoms. The van der Waals surface area contributed by atoms with Gasteiger partial charge in [-0.3, -0.25) is 0 Å². The Bertz CT molecular complexity index is 604. The molecule has 1 N–H and O–H groups in total. The highest BCUT2D eigenvalue weighted by atomic mass is 19.1. The summed E-state index contributed by atoms with van der Waals surface area (Å²) in [6.07, 6.45) is 1.62. The van der Waals surface area contributed by atoms with Crippen molar-refractivity contribution in [1.82, 2.24) is 20.1 Å². The van der Waals surface area contributed by atoms with E-state index in [0.29, 0.717) is 24.7 Å². The van der Waals surface area contributed by atoms with Crippen LogP contribution >= 0.6 is 0 Å². The van der Waals surface area contributed by atoms with Crippen LogP contribution < -0.4 is 10.1 Å². The first kappa shape index (κ1) is 15.4. The van der Waals surface area contributed by atoms with Crippen molar-refractivity contribution in [1.29, 1.82) is 0 Å². The number of hydrogen-bond donors (Lipinski definition) is 1. The molecule has 0 saturated heterocycles. The van der Waals surface area contributed by atoms with Crippen LogP contribution in [0.2, 0.25) is 0 Å². The van der Waals surface area contributed by atoms with Gasteiger partial charge in [-0.1, -0.05) is 0 Å². The van der Waals surface area contributed by atoms with Gasteiger partial charge in [-0.15, -0.1) is 10.2 Å². The first-order valence-corrected chi connectivity index (χ1v) is 6.84. The third-order valence-electron chi connectivity index (χ3n) is 2.99. The Labute approximate surface area is 124 Å². The van der Waals surface area contributed by atoms with Gasteiger partial charge < -0.3 is 14.6 Å². The van der Waals surface area contributed by atoms with Gasteiger partial charge >= 0.3 is 0 Å². The third kappa shape index (κ3) is 4.53. The predicted molar refractivity (Wildman–Crippen MR) is 78.3 cm³/mol. The van der Waals surface area contributed by atoms with Gasteiger partial charge in [0.25, 0.3) is 0 Å². The molecule has 0 fully saturated rings. The predicted octanol–water partition coefficient (Wildman–Crippen LogP) is 2.42. The molecule has 0 radical (unpaired) electrons. The van der Waals surface area contributed by atoms with E-state index in [9.17, 15) is 4.39 Å². The molecule has 1 heterocycles. The number of aromatic nitrogens is 3. The molecule has 0 amide bonds. The highest BCUT2D eigenvalue weighted by Gasteiger charge is 2.12. The highest BCUT2D eigenvalue weighted by molar-refractivity contribution is 5.34. The van der Waals surface area contributed by atoms with Gasteiger partial charge in [0.2, 0.25) is 0 Å². The number of ether oxygens (including phenoxy) is 1. The summed E-state index contributed by atoms with van der Waals surface area (Å²) in [6, 6.07) is 4.53. The smallest absolute Gasteiger partial charge is 0.170 e. The number of nitrogens with zero attached hydrogens (tertiary/aromatic N) is 3. The second-order valence-corrected chi connectivity index (χ2v) is 6.00. The molecular weight excluding hydrogens is 271 g/mol. The first-order chi connectivity index (χ1) is 9.85. The largest absolute Gasteiger partial charge is 0.485 e. The average molecular weight is 292 g/mol. The van der Waals surface area contributed by atoms with Crippen LogP contribution in [0.25, 0.3) is 0 Å². The average Bonchev–Trinajstić information content (AvgIpc) is 2.80.